The molecule has 5 heteroatoms. The van der Waals surface area contributed by atoms with Gasteiger partial charge in [0.15, 0.2) is 5.78 Å². The lowest BCUT2D eigenvalue weighted by Gasteiger charge is -2.34. The Kier molecular flexibility index (Phi) is 4.82. The van der Waals surface area contributed by atoms with Crippen molar-refractivity contribution in [3.05, 3.63) is 88.5 Å². The Morgan fingerprint density at radius 2 is 1.89 bits per heavy atom. The van der Waals surface area contributed by atoms with Gasteiger partial charge in [-0.15, -0.1) is 0 Å². The monoisotopic (exact) mass is 376 g/mol. The van der Waals surface area contributed by atoms with Crippen LogP contribution in [0, 0.1) is 5.82 Å². The Morgan fingerprint density at radius 1 is 1.11 bits per heavy atom. The number of carbonyl (C=O) groups excluding carboxylic acids is 2. The van der Waals surface area contributed by atoms with Crippen LogP contribution < -0.4 is 10.6 Å². The van der Waals surface area contributed by atoms with E-state index in [0.29, 0.717) is 23.3 Å². The summed E-state index contributed by atoms with van der Waals surface area (Å²) in [5, 5.41) is 6.06. The average Bonchev–Trinajstić information content (AvgIpc) is 2.67. The van der Waals surface area contributed by atoms with Crippen molar-refractivity contribution >= 4 is 17.4 Å². The molecule has 4 rings (SSSR count). The lowest BCUT2D eigenvalue weighted by Crippen LogP contribution is -2.35. The van der Waals surface area contributed by atoms with E-state index in [1.807, 2.05) is 37.3 Å². The number of hydrogen-bond acceptors (Lipinski definition) is 3. The second-order valence-corrected chi connectivity index (χ2v) is 7.14. The van der Waals surface area contributed by atoms with Crippen LogP contribution in [-0.4, -0.2) is 11.7 Å². The van der Waals surface area contributed by atoms with E-state index in [2.05, 4.69) is 10.6 Å². The molecular weight excluding hydrogens is 355 g/mol. The number of nitrogens with one attached hydrogen (secondary N) is 2. The molecule has 0 aromatic heterocycles. The predicted molar refractivity (Wildman–Crippen MR) is 106 cm³/mol. The van der Waals surface area contributed by atoms with Gasteiger partial charge in [-0.3, -0.25) is 9.59 Å². The van der Waals surface area contributed by atoms with E-state index in [1.54, 1.807) is 12.1 Å². The first kappa shape index (κ1) is 18.2. The number of Topliss-reactive ketones (excluding diaryl/α,β-unsaturated/α-hetero) is 1. The molecule has 0 saturated heterocycles. The van der Waals surface area contributed by atoms with Crippen molar-refractivity contribution in [2.24, 2.45) is 0 Å². The Balaban J connectivity index is 1.77. The zero-order valence-corrected chi connectivity index (χ0v) is 15.6. The highest BCUT2D eigenvalue weighted by Crippen LogP contribution is 2.42. The normalized spacial score (nSPS) is 19.2. The minimum absolute atomic E-state index is 0.0751. The van der Waals surface area contributed by atoms with E-state index in [0.717, 1.165) is 29.8 Å². The molecule has 1 atom stereocenters. The van der Waals surface area contributed by atoms with Crippen LogP contribution in [0.4, 0.5) is 10.1 Å². The van der Waals surface area contributed by atoms with E-state index in [9.17, 15) is 14.0 Å². The predicted octanol–water partition coefficient (Wildman–Crippen LogP) is 4.43. The molecule has 1 aliphatic heterocycles. The fourth-order valence-corrected chi connectivity index (χ4v) is 4.03. The van der Waals surface area contributed by atoms with Gasteiger partial charge in [0.2, 0.25) is 0 Å². The molecule has 28 heavy (non-hydrogen) atoms. The molecule has 1 unspecified atom stereocenters. The molecule has 2 aromatic rings. The molecular formula is C23H21FN2O2. The van der Waals surface area contributed by atoms with Gasteiger partial charge >= 0.3 is 0 Å². The van der Waals surface area contributed by atoms with E-state index >= 15 is 0 Å². The molecule has 0 saturated carbocycles. The van der Waals surface area contributed by atoms with Crippen LogP contribution in [0.1, 0.15) is 37.7 Å². The number of benzene rings is 2. The van der Waals surface area contributed by atoms with E-state index in [4.69, 9.17) is 0 Å². The van der Waals surface area contributed by atoms with Gasteiger partial charge in [0.05, 0.1) is 0 Å². The molecule has 4 nitrogen and oxygen atoms in total. The quantitative estimate of drug-likeness (QED) is 0.833. The third-order valence-corrected chi connectivity index (χ3v) is 5.24. The van der Waals surface area contributed by atoms with Crippen molar-refractivity contribution in [2.75, 3.05) is 5.32 Å². The van der Waals surface area contributed by atoms with Crippen LogP contribution in [0.15, 0.2) is 77.1 Å². The molecule has 2 aliphatic rings. The molecule has 0 radical (unpaired) electrons. The van der Waals surface area contributed by atoms with Gasteiger partial charge in [0.25, 0.3) is 5.91 Å². The maximum atomic E-state index is 13.5. The zero-order chi connectivity index (χ0) is 19.7. The van der Waals surface area contributed by atoms with Crippen molar-refractivity contribution < 1.29 is 14.0 Å². The molecule has 0 bridgehead atoms. The smallest absolute Gasteiger partial charge is 0.254 e. The molecule has 1 aliphatic carbocycles. The number of carbonyl (C=O) groups is 2. The molecule has 1 amide bonds. The summed E-state index contributed by atoms with van der Waals surface area (Å²) < 4.78 is 13.5. The highest BCUT2D eigenvalue weighted by atomic mass is 19.1. The van der Waals surface area contributed by atoms with Gasteiger partial charge < -0.3 is 10.6 Å². The van der Waals surface area contributed by atoms with E-state index in [-0.39, 0.29) is 11.7 Å². The van der Waals surface area contributed by atoms with Gasteiger partial charge in [0.1, 0.15) is 5.82 Å². The molecule has 142 valence electrons. The Bertz CT molecular complexity index is 1010. The second-order valence-electron chi connectivity index (χ2n) is 7.14. The average molecular weight is 376 g/mol. The number of amides is 1. The van der Waals surface area contributed by atoms with E-state index < -0.39 is 11.7 Å². The number of halogens is 1. The summed E-state index contributed by atoms with van der Waals surface area (Å²) in [5.74, 6) is -1.11. The number of hydrogen-bond donors (Lipinski definition) is 2. The maximum Gasteiger partial charge on any atom is 0.254 e. The third kappa shape index (κ3) is 3.36. The first-order chi connectivity index (χ1) is 13.5. The fourth-order valence-electron chi connectivity index (χ4n) is 4.03. The van der Waals surface area contributed by atoms with Crippen molar-refractivity contribution in [2.45, 2.75) is 32.1 Å². The lowest BCUT2D eigenvalue weighted by molar-refractivity contribution is -0.116. The Labute approximate surface area is 163 Å². The highest BCUT2D eigenvalue weighted by Gasteiger charge is 2.38. The minimum Gasteiger partial charge on any atom is -0.362 e. The second kappa shape index (κ2) is 7.43. The first-order valence-corrected chi connectivity index (χ1v) is 9.40. The SMILES string of the molecule is CC1=C(C(=O)Nc2cccc(F)c2)C(c2ccccc2)C2=C(CCCC2=O)N1. The van der Waals surface area contributed by atoms with Crippen LogP contribution in [0.3, 0.4) is 0 Å². The maximum absolute atomic E-state index is 13.5. The van der Waals surface area contributed by atoms with Crippen LogP contribution in [0.5, 0.6) is 0 Å². The molecule has 0 spiro atoms. The molecule has 2 N–H and O–H groups in total. The molecule has 2 aromatic carbocycles. The number of allylic oxidation sites excluding steroid dienone is 3. The van der Waals surface area contributed by atoms with Gasteiger partial charge in [0, 0.05) is 40.6 Å². The summed E-state index contributed by atoms with van der Waals surface area (Å²) in [7, 11) is 0. The Hall–Kier alpha value is -3.21. The van der Waals surface area contributed by atoms with Crippen LogP contribution >= 0.6 is 0 Å². The standard InChI is InChI=1S/C23H21FN2O2/c1-14-20(23(28)26-17-10-5-9-16(24)13-17)21(15-7-3-2-4-8-15)22-18(25-14)11-6-12-19(22)27/h2-5,7-10,13,21,25H,6,11-12H2,1H3,(H,26,28). The summed E-state index contributed by atoms with van der Waals surface area (Å²) in [4.78, 5) is 26.0. The summed E-state index contributed by atoms with van der Waals surface area (Å²) in [6.45, 7) is 1.85. The summed E-state index contributed by atoms with van der Waals surface area (Å²) in [6, 6.07) is 15.4. The van der Waals surface area contributed by atoms with Crippen LogP contribution in [0.2, 0.25) is 0 Å². The van der Waals surface area contributed by atoms with Crippen molar-refractivity contribution in [1.29, 1.82) is 0 Å². The van der Waals surface area contributed by atoms with Gasteiger partial charge in [-0.2, -0.15) is 0 Å². The van der Waals surface area contributed by atoms with Gasteiger partial charge in [-0.1, -0.05) is 36.4 Å². The number of ketones is 1. The van der Waals surface area contributed by atoms with Crippen LogP contribution in [0.25, 0.3) is 0 Å². The Morgan fingerprint density at radius 3 is 2.64 bits per heavy atom. The largest absolute Gasteiger partial charge is 0.362 e. The van der Waals surface area contributed by atoms with Crippen molar-refractivity contribution in [3.63, 3.8) is 0 Å². The summed E-state index contributed by atoms with van der Waals surface area (Å²) in [5.41, 5.74) is 4.07. The third-order valence-electron chi connectivity index (χ3n) is 5.24. The lowest BCUT2D eigenvalue weighted by atomic mass is 9.75. The summed E-state index contributed by atoms with van der Waals surface area (Å²) >= 11 is 0. The fraction of sp³-hybridized carbons (Fsp3) is 0.217. The molecule has 0 fully saturated rings. The number of anilines is 1. The van der Waals surface area contributed by atoms with E-state index in [1.165, 1.54) is 12.1 Å². The zero-order valence-electron chi connectivity index (χ0n) is 15.6. The number of rotatable bonds is 3. The summed E-state index contributed by atoms with van der Waals surface area (Å²) in [6.07, 6.45) is 2.09. The van der Waals surface area contributed by atoms with Gasteiger partial charge in [-0.05, 0) is 43.5 Å². The molecule has 1 heterocycles. The minimum atomic E-state index is -0.432. The topological polar surface area (TPSA) is 58.2 Å². The first-order valence-electron chi connectivity index (χ1n) is 9.40. The highest BCUT2D eigenvalue weighted by molar-refractivity contribution is 6.09. The van der Waals surface area contributed by atoms with Crippen LogP contribution in [-0.2, 0) is 9.59 Å². The van der Waals surface area contributed by atoms with Gasteiger partial charge in [-0.25, -0.2) is 4.39 Å². The van der Waals surface area contributed by atoms with Crippen molar-refractivity contribution in [1.82, 2.24) is 5.32 Å². The van der Waals surface area contributed by atoms with Crippen molar-refractivity contribution in [3.8, 4) is 0 Å². The number of dihydropyridines is 1.